The van der Waals surface area contributed by atoms with Crippen LogP contribution in [0.4, 0.5) is 0 Å². The van der Waals surface area contributed by atoms with Gasteiger partial charge in [0.05, 0.1) is 37.2 Å². The van der Waals surface area contributed by atoms with Crippen LogP contribution in [0, 0.1) is 5.41 Å². The van der Waals surface area contributed by atoms with E-state index in [0.29, 0.717) is 13.2 Å². The van der Waals surface area contributed by atoms with Crippen LogP contribution in [0.1, 0.15) is 25.3 Å². The number of ether oxygens (including phenoxy) is 1. The molecule has 0 saturated carbocycles. The number of carbonyl (C=O) groups excluding carboxylic acids is 2. The van der Waals surface area contributed by atoms with Crippen molar-refractivity contribution in [1.29, 1.82) is 0 Å². The largest absolute Gasteiger partial charge is 0.602 e. The van der Waals surface area contributed by atoms with Gasteiger partial charge in [0.25, 0.3) is 0 Å². The predicted octanol–water partition coefficient (Wildman–Crippen LogP) is 1.81. The lowest BCUT2D eigenvalue weighted by atomic mass is 9.85. The molecule has 0 bridgehead atoms. The molecule has 19 heavy (non-hydrogen) atoms. The minimum atomic E-state index is -1.95. The van der Waals surface area contributed by atoms with Crippen LogP contribution in [0.25, 0.3) is 0 Å². The Bertz CT molecular complexity index is 454. The number of hydrogen-bond acceptors (Lipinski definition) is 4. The Morgan fingerprint density at radius 3 is 2.37 bits per heavy atom. The van der Waals surface area contributed by atoms with E-state index in [2.05, 4.69) is 0 Å². The van der Waals surface area contributed by atoms with E-state index in [1.165, 1.54) is 0 Å². The highest BCUT2D eigenvalue weighted by Gasteiger charge is 2.46. The molecule has 0 aromatic heterocycles. The fourth-order valence-electron chi connectivity index (χ4n) is 2.11. The fraction of sp³-hybridized carbons (Fsp3) is 0.429. The molecule has 0 N–H and O–H groups in total. The molecule has 0 amide bonds. The molecular weight excluding hydrogens is 264 g/mol. The molecule has 4 nitrogen and oxygen atoms in total. The Morgan fingerprint density at radius 1 is 1.21 bits per heavy atom. The molecule has 0 unspecified atom stereocenters. The molecule has 0 radical (unpaired) electrons. The molecular formula is C14H16O4S. The summed E-state index contributed by atoms with van der Waals surface area (Å²) in [5.41, 5.74) is 0.514. The Hall–Kier alpha value is -1.17. The van der Waals surface area contributed by atoms with E-state index in [1.807, 2.05) is 37.3 Å². The van der Waals surface area contributed by atoms with Gasteiger partial charge in [-0.25, -0.2) is 9.59 Å². The van der Waals surface area contributed by atoms with Gasteiger partial charge in [0, 0.05) is 5.41 Å². The molecule has 1 heterocycles. The summed E-state index contributed by atoms with van der Waals surface area (Å²) in [6.07, 6.45) is 0.278. The van der Waals surface area contributed by atoms with Crippen LogP contribution in [0.3, 0.4) is 0 Å². The average molecular weight is 280 g/mol. The van der Waals surface area contributed by atoms with Crippen LogP contribution in [0.2, 0.25) is 0 Å². The third-order valence-electron chi connectivity index (χ3n) is 3.12. The van der Waals surface area contributed by atoms with Crippen LogP contribution < -0.4 is 0 Å². The monoisotopic (exact) mass is 280 g/mol. The maximum atomic E-state index is 11.5. The quantitative estimate of drug-likeness (QED) is 0.789. The molecule has 1 fully saturated rings. The van der Waals surface area contributed by atoms with Gasteiger partial charge in [0.2, 0.25) is 0 Å². The van der Waals surface area contributed by atoms with E-state index >= 15 is 0 Å². The SMILES string of the molecule is CC1(COCc2ccccc2)CC(=O)[S+]([O-])C(=O)C1. The van der Waals surface area contributed by atoms with E-state index < -0.39 is 26.8 Å². The molecule has 2 rings (SSSR count). The number of rotatable bonds is 4. The van der Waals surface area contributed by atoms with E-state index in [1.54, 1.807) is 0 Å². The standard InChI is InChI=1S/C14H16O4S/c1-14(7-12(15)19(17)13(16)8-14)10-18-9-11-5-3-2-4-6-11/h2-6H,7-10H2,1H3. The lowest BCUT2D eigenvalue weighted by Gasteiger charge is -2.30. The summed E-state index contributed by atoms with van der Waals surface area (Å²) in [5.74, 6) is 0. The van der Waals surface area contributed by atoms with E-state index in [-0.39, 0.29) is 12.8 Å². The van der Waals surface area contributed by atoms with Gasteiger partial charge in [-0.15, -0.1) is 0 Å². The number of hydrogen-bond donors (Lipinski definition) is 0. The maximum absolute atomic E-state index is 11.5. The molecule has 0 spiro atoms. The Balaban J connectivity index is 1.88. The molecule has 1 aromatic carbocycles. The first-order valence-corrected chi connectivity index (χ1v) is 7.24. The highest BCUT2D eigenvalue weighted by atomic mass is 32.2. The first-order chi connectivity index (χ1) is 9.00. The number of carbonyl (C=O) groups is 2. The zero-order chi connectivity index (χ0) is 13.9. The van der Waals surface area contributed by atoms with Gasteiger partial charge >= 0.3 is 10.2 Å². The van der Waals surface area contributed by atoms with Gasteiger partial charge in [-0.2, -0.15) is 0 Å². The summed E-state index contributed by atoms with van der Waals surface area (Å²) in [5, 5.41) is -0.968. The van der Waals surface area contributed by atoms with Gasteiger partial charge < -0.3 is 9.29 Å². The second-order valence-corrected chi connectivity index (χ2v) is 6.60. The maximum Gasteiger partial charge on any atom is 0.338 e. The van der Waals surface area contributed by atoms with Gasteiger partial charge in [-0.3, -0.25) is 0 Å². The van der Waals surface area contributed by atoms with Crippen molar-refractivity contribution in [2.24, 2.45) is 5.41 Å². The van der Waals surface area contributed by atoms with Crippen molar-refractivity contribution in [1.82, 2.24) is 0 Å². The van der Waals surface area contributed by atoms with Crippen LogP contribution in [0.15, 0.2) is 30.3 Å². The Labute approximate surface area is 115 Å². The van der Waals surface area contributed by atoms with Crippen molar-refractivity contribution in [2.75, 3.05) is 6.61 Å². The first kappa shape index (κ1) is 14.2. The minimum Gasteiger partial charge on any atom is -0.602 e. The van der Waals surface area contributed by atoms with Gasteiger partial charge in [-0.05, 0) is 5.56 Å². The van der Waals surface area contributed by atoms with Crippen LogP contribution >= 0.6 is 0 Å². The Kier molecular flexibility index (Phi) is 4.39. The molecule has 102 valence electrons. The van der Waals surface area contributed by atoms with Crippen molar-refractivity contribution in [3.63, 3.8) is 0 Å². The van der Waals surface area contributed by atoms with Crippen LogP contribution in [-0.4, -0.2) is 21.4 Å². The molecule has 5 heteroatoms. The summed E-state index contributed by atoms with van der Waals surface area (Å²) < 4.78 is 16.9. The molecule has 0 aliphatic carbocycles. The van der Waals surface area contributed by atoms with E-state index in [4.69, 9.17) is 4.74 Å². The predicted molar refractivity (Wildman–Crippen MR) is 71.6 cm³/mol. The highest BCUT2D eigenvalue weighted by Crippen LogP contribution is 2.34. The van der Waals surface area contributed by atoms with Gasteiger partial charge in [0.1, 0.15) is 0 Å². The van der Waals surface area contributed by atoms with Crippen molar-refractivity contribution < 1.29 is 18.9 Å². The second kappa shape index (κ2) is 5.86. The molecule has 1 aromatic rings. The zero-order valence-corrected chi connectivity index (χ0v) is 11.6. The number of benzene rings is 1. The fourth-order valence-corrected chi connectivity index (χ4v) is 3.32. The van der Waals surface area contributed by atoms with Crippen molar-refractivity contribution in [3.05, 3.63) is 35.9 Å². The smallest absolute Gasteiger partial charge is 0.338 e. The third-order valence-corrected chi connectivity index (χ3v) is 4.23. The molecule has 1 aliphatic rings. The minimum absolute atomic E-state index is 0.139. The van der Waals surface area contributed by atoms with Crippen molar-refractivity contribution in [2.45, 2.75) is 26.4 Å². The van der Waals surface area contributed by atoms with Crippen LogP contribution in [-0.2, 0) is 32.1 Å². The molecule has 1 saturated heterocycles. The normalized spacial score (nSPS) is 27.6. The summed E-state index contributed by atoms with van der Waals surface area (Å²) in [6.45, 7) is 2.59. The lowest BCUT2D eigenvalue weighted by Crippen LogP contribution is -2.41. The van der Waals surface area contributed by atoms with Crippen molar-refractivity contribution >= 4 is 21.4 Å². The summed E-state index contributed by atoms with van der Waals surface area (Å²) in [6, 6.07) is 9.69. The van der Waals surface area contributed by atoms with Gasteiger partial charge in [0.15, 0.2) is 0 Å². The first-order valence-electron chi connectivity index (χ1n) is 6.09. The average Bonchev–Trinajstić information content (AvgIpc) is 2.37. The summed E-state index contributed by atoms with van der Waals surface area (Å²) >= 11 is -1.95. The van der Waals surface area contributed by atoms with E-state index in [0.717, 1.165) is 5.56 Å². The molecule has 0 atom stereocenters. The summed E-state index contributed by atoms with van der Waals surface area (Å²) in [4.78, 5) is 23.0. The Morgan fingerprint density at radius 2 is 1.79 bits per heavy atom. The van der Waals surface area contributed by atoms with Crippen LogP contribution in [0.5, 0.6) is 0 Å². The van der Waals surface area contributed by atoms with Gasteiger partial charge in [-0.1, -0.05) is 37.3 Å². The zero-order valence-electron chi connectivity index (χ0n) is 10.8. The second-order valence-electron chi connectivity index (χ2n) is 5.16. The lowest BCUT2D eigenvalue weighted by molar-refractivity contribution is -0.122. The highest BCUT2D eigenvalue weighted by molar-refractivity contribution is 8.18. The van der Waals surface area contributed by atoms with E-state index in [9.17, 15) is 14.1 Å². The molecule has 1 aliphatic heterocycles. The van der Waals surface area contributed by atoms with Crippen molar-refractivity contribution in [3.8, 4) is 0 Å². The third kappa shape index (κ3) is 3.65. The topological polar surface area (TPSA) is 66.4 Å². The summed E-state index contributed by atoms with van der Waals surface area (Å²) in [7, 11) is 0.